The van der Waals surface area contributed by atoms with Crippen LogP contribution in [0.3, 0.4) is 0 Å². The van der Waals surface area contributed by atoms with Crippen molar-refractivity contribution in [2.45, 2.75) is 26.4 Å². The van der Waals surface area contributed by atoms with Gasteiger partial charge in [-0.3, -0.25) is 4.79 Å². The molecular formula is C10H18N4O. The number of aryl methyl sites for hydroxylation is 1. The van der Waals surface area contributed by atoms with Crippen LogP contribution in [0.5, 0.6) is 0 Å². The smallest absolute Gasteiger partial charge is 0.293 e. The van der Waals surface area contributed by atoms with E-state index in [4.69, 9.17) is 5.73 Å². The molecule has 15 heavy (non-hydrogen) atoms. The second-order valence-electron chi connectivity index (χ2n) is 3.54. The third kappa shape index (κ3) is 2.36. The molecule has 5 heteroatoms. The Hall–Kier alpha value is -1.36. The molecule has 0 spiro atoms. The third-order valence-corrected chi connectivity index (χ3v) is 2.57. The fourth-order valence-electron chi connectivity index (χ4n) is 1.29. The topological polar surface area (TPSA) is 64.2 Å². The fraction of sp³-hybridized carbons (Fsp3) is 0.600. The Morgan fingerprint density at radius 1 is 1.67 bits per heavy atom. The van der Waals surface area contributed by atoms with Gasteiger partial charge in [0.2, 0.25) is 0 Å². The lowest BCUT2D eigenvalue weighted by atomic mass is 10.3. The summed E-state index contributed by atoms with van der Waals surface area (Å²) in [7, 11) is 1.83. The van der Waals surface area contributed by atoms with Crippen LogP contribution in [0.1, 0.15) is 13.8 Å². The first-order valence-corrected chi connectivity index (χ1v) is 5.10. The Kier molecular flexibility index (Phi) is 3.85. The van der Waals surface area contributed by atoms with Gasteiger partial charge in [-0.05, 0) is 13.8 Å². The zero-order valence-corrected chi connectivity index (χ0v) is 9.47. The van der Waals surface area contributed by atoms with Gasteiger partial charge < -0.3 is 15.2 Å². The van der Waals surface area contributed by atoms with Crippen LogP contribution in [0.15, 0.2) is 17.2 Å². The van der Waals surface area contributed by atoms with Gasteiger partial charge in [-0.25, -0.2) is 4.98 Å². The van der Waals surface area contributed by atoms with Crippen molar-refractivity contribution in [3.8, 4) is 0 Å². The molecule has 1 aromatic heterocycles. The first-order valence-electron chi connectivity index (χ1n) is 5.10. The molecule has 0 bridgehead atoms. The Morgan fingerprint density at radius 3 is 2.87 bits per heavy atom. The molecule has 0 aliphatic heterocycles. The van der Waals surface area contributed by atoms with Gasteiger partial charge >= 0.3 is 0 Å². The fourth-order valence-corrected chi connectivity index (χ4v) is 1.29. The minimum Gasteiger partial charge on any atom is -0.351 e. The lowest BCUT2D eigenvalue weighted by Crippen LogP contribution is -2.40. The summed E-state index contributed by atoms with van der Waals surface area (Å²) in [5, 5.41) is 0. The molecular weight excluding hydrogens is 192 g/mol. The third-order valence-electron chi connectivity index (χ3n) is 2.57. The van der Waals surface area contributed by atoms with E-state index >= 15 is 0 Å². The van der Waals surface area contributed by atoms with E-state index in [1.165, 1.54) is 0 Å². The summed E-state index contributed by atoms with van der Waals surface area (Å²) in [6.07, 6.45) is 3.33. The second-order valence-corrected chi connectivity index (χ2v) is 3.54. The molecule has 84 valence electrons. The number of hydrogen-bond acceptors (Lipinski definition) is 4. The molecule has 1 rings (SSSR count). The predicted molar refractivity (Wildman–Crippen MR) is 61.1 cm³/mol. The minimum atomic E-state index is -0.0669. The molecule has 0 fully saturated rings. The van der Waals surface area contributed by atoms with Gasteiger partial charge in [0.15, 0.2) is 5.82 Å². The van der Waals surface area contributed by atoms with Crippen molar-refractivity contribution in [1.82, 2.24) is 9.55 Å². The number of aromatic nitrogens is 2. The van der Waals surface area contributed by atoms with Crippen molar-refractivity contribution in [2.24, 2.45) is 5.73 Å². The second kappa shape index (κ2) is 4.93. The molecule has 0 aliphatic rings. The van der Waals surface area contributed by atoms with Gasteiger partial charge in [0, 0.05) is 38.6 Å². The highest BCUT2D eigenvalue weighted by Gasteiger charge is 2.13. The summed E-state index contributed by atoms with van der Waals surface area (Å²) in [6, 6.07) is 0.109. The Balaban J connectivity index is 3.09. The van der Waals surface area contributed by atoms with E-state index in [9.17, 15) is 4.79 Å². The van der Waals surface area contributed by atoms with E-state index in [-0.39, 0.29) is 11.6 Å². The molecule has 5 nitrogen and oxygen atoms in total. The molecule has 0 amide bonds. The van der Waals surface area contributed by atoms with Crippen molar-refractivity contribution in [1.29, 1.82) is 0 Å². The summed E-state index contributed by atoms with van der Waals surface area (Å²) in [5.41, 5.74) is 5.49. The minimum absolute atomic E-state index is 0.0669. The lowest BCUT2D eigenvalue weighted by Gasteiger charge is -2.24. The maximum Gasteiger partial charge on any atom is 0.293 e. The van der Waals surface area contributed by atoms with E-state index in [1.807, 2.05) is 25.8 Å². The lowest BCUT2D eigenvalue weighted by molar-refractivity contribution is 0.660. The largest absolute Gasteiger partial charge is 0.351 e. The van der Waals surface area contributed by atoms with Gasteiger partial charge in [0.05, 0.1) is 0 Å². The van der Waals surface area contributed by atoms with E-state index < -0.39 is 0 Å². The first-order chi connectivity index (χ1) is 7.11. The highest BCUT2D eigenvalue weighted by Crippen LogP contribution is 2.04. The molecule has 1 heterocycles. The van der Waals surface area contributed by atoms with Crippen molar-refractivity contribution in [3.05, 3.63) is 22.7 Å². The first kappa shape index (κ1) is 11.7. The summed E-state index contributed by atoms with van der Waals surface area (Å²) in [5.74, 6) is 0.456. The standard InChI is InChI=1S/C10H18N4O/c1-4-14-6-5-12-9(10(14)15)13(3)8(2)7-11/h5-6,8H,4,7,11H2,1-3H3. The van der Waals surface area contributed by atoms with Crippen LogP contribution in [-0.4, -0.2) is 29.2 Å². The Bertz CT molecular complexity index is 374. The number of nitrogens with zero attached hydrogens (tertiary/aromatic N) is 3. The summed E-state index contributed by atoms with van der Waals surface area (Å²) >= 11 is 0. The van der Waals surface area contributed by atoms with E-state index in [0.717, 1.165) is 0 Å². The maximum atomic E-state index is 11.9. The average molecular weight is 210 g/mol. The van der Waals surface area contributed by atoms with Gasteiger partial charge in [-0.1, -0.05) is 0 Å². The van der Waals surface area contributed by atoms with Crippen molar-refractivity contribution in [2.75, 3.05) is 18.5 Å². The monoisotopic (exact) mass is 210 g/mol. The average Bonchev–Trinajstić information content (AvgIpc) is 2.27. The molecule has 2 N–H and O–H groups in total. The van der Waals surface area contributed by atoms with Gasteiger partial charge in [-0.15, -0.1) is 0 Å². The van der Waals surface area contributed by atoms with Crippen LogP contribution >= 0.6 is 0 Å². The summed E-state index contributed by atoms with van der Waals surface area (Å²) in [6.45, 7) is 5.04. The van der Waals surface area contributed by atoms with Crippen molar-refractivity contribution < 1.29 is 0 Å². The summed E-state index contributed by atoms with van der Waals surface area (Å²) < 4.78 is 1.63. The maximum absolute atomic E-state index is 11.9. The molecule has 1 unspecified atom stereocenters. The molecule has 0 saturated heterocycles. The molecule has 0 aliphatic carbocycles. The Morgan fingerprint density at radius 2 is 2.33 bits per heavy atom. The number of nitrogens with two attached hydrogens (primary N) is 1. The number of hydrogen-bond donors (Lipinski definition) is 1. The van der Waals surface area contributed by atoms with Crippen LogP contribution < -0.4 is 16.2 Å². The zero-order chi connectivity index (χ0) is 11.4. The highest BCUT2D eigenvalue weighted by molar-refractivity contribution is 5.35. The quantitative estimate of drug-likeness (QED) is 0.762. The van der Waals surface area contributed by atoms with Gasteiger partial charge in [-0.2, -0.15) is 0 Å². The summed E-state index contributed by atoms with van der Waals surface area (Å²) in [4.78, 5) is 17.8. The number of anilines is 1. The van der Waals surface area contributed by atoms with Crippen LogP contribution in [0.4, 0.5) is 5.82 Å². The molecule has 1 atom stereocenters. The highest BCUT2D eigenvalue weighted by atomic mass is 16.1. The zero-order valence-electron chi connectivity index (χ0n) is 9.47. The van der Waals surface area contributed by atoms with E-state index in [1.54, 1.807) is 17.0 Å². The van der Waals surface area contributed by atoms with Crippen LogP contribution in [0, 0.1) is 0 Å². The van der Waals surface area contributed by atoms with Crippen molar-refractivity contribution >= 4 is 5.82 Å². The van der Waals surface area contributed by atoms with Gasteiger partial charge in [0.25, 0.3) is 5.56 Å². The van der Waals surface area contributed by atoms with Crippen LogP contribution in [-0.2, 0) is 6.54 Å². The molecule has 0 saturated carbocycles. The van der Waals surface area contributed by atoms with Crippen LogP contribution in [0.2, 0.25) is 0 Å². The molecule has 1 aromatic rings. The van der Waals surface area contributed by atoms with Gasteiger partial charge in [0.1, 0.15) is 0 Å². The normalized spacial score (nSPS) is 12.5. The molecule has 0 radical (unpaired) electrons. The van der Waals surface area contributed by atoms with Crippen molar-refractivity contribution in [3.63, 3.8) is 0 Å². The number of likely N-dealkylation sites (N-methyl/N-ethyl adjacent to an activating group) is 1. The molecule has 0 aromatic carbocycles. The van der Waals surface area contributed by atoms with E-state index in [0.29, 0.717) is 18.9 Å². The number of rotatable bonds is 4. The Labute approximate surface area is 89.5 Å². The predicted octanol–water partition coefficient (Wildman–Crippen LogP) is 0.0466. The SMILES string of the molecule is CCn1ccnc(N(C)C(C)CN)c1=O. The van der Waals surface area contributed by atoms with E-state index in [2.05, 4.69) is 4.98 Å². The van der Waals surface area contributed by atoms with Crippen LogP contribution in [0.25, 0.3) is 0 Å².